The fraction of sp³-hybridized carbons (Fsp3) is 0.462. The van der Waals surface area contributed by atoms with Crippen molar-refractivity contribution in [1.82, 2.24) is 0 Å². The van der Waals surface area contributed by atoms with Crippen LogP contribution in [-0.4, -0.2) is 18.5 Å². The third-order valence-corrected chi connectivity index (χ3v) is 4.17. The molecular weight excluding hydrogens is 325 g/mol. The van der Waals surface area contributed by atoms with Gasteiger partial charge in [0.2, 0.25) is 0 Å². The van der Waals surface area contributed by atoms with Crippen LogP contribution in [0.25, 0.3) is 0 Å². The van der Waals surface area contributed by atoms with Crippen LogP contribution in [0.3, 0.4) is 0 Å². The standard InChI is InChI=1S/C13H12BrF3O2/c1-3-19-11(18)12(2)10(13(12,16)17)7-4-5-8(14)9(15)6-7/h4-6,10H,3H2,1-2H3. The van der Waals surface area contributed by atoms with Gasteiger partial charge in [-0.15, -0.1) is 0 Å². The van der Waals surface area contributed by atoms with Crippen LogP contribution in [0.4, 0.5) is 13.2 Å². The van der Waals surface area contributed by atoms with E-state index in [1.54, 1.807) is 6.92 Å². The van der Waals surface area contributed by atoms with Crippen molar-refractivity contribution in [2.24, 2.45) is 5.41 Å². The molecule has 0 radical (unpaired) electrons. The van der Waals surface area contributed by atoms with Gasteiger partial charge in [-0.2, -0.15) is 0 Å². The lowest BCUT2D eigenvalue weighted by Gasteiger charge is -2.09. The minimum atomic E-state index is -3.22. The van der Waals surface area contributed by atoms with E-state index in [9.17, 15) is 18.0 Å². The number of hydrogen-bond donors (Lipinski definition) is 0. The van der Waals surface area contributed by atoms with Gasteiger partial charge in [0, 0.05) is 0 Å². The molecule has 19 heavy (non-hydrogen) atoms. The van der Waals surface area contributed by atoms with Gasteiger partial charge in [0.25, 0.3) is 5.92 Å². The van der Waals surface area contributed by atoms with Gasteiger partial charge < -0.3 is 4.74 Å². The fourth-order valence-electron chi connectivity index (χ4n) is 2.30. The quantitative estimate of drug-likeness (QED) is 0.783. The molecule has 1 fully saturated rings. The average molecular weight is 337 g/mol. The summed E-state index contributed by atoms with van der Waals surface area (Å²) in [4.78, 5) is 11.7. The molecule has 2 atom stereocenters. The molecule has 0 heterocycles. The molecule has 0 aromatic heterocycles. The highest BCUT2D eigenvalue weighted by molar-refractivity contribution is 9.10. The van der Waals surface area contributed by atoms with E-state index in [1.165, 1.54) is 12.1 Å². The van der Waals surface area contributed by atoms with Crippen LogP contribution in [-0.2, 0) is 9.53 Å². The van der Waals surface area contributed by atoms with Gasteiger partial charge in [0.05, 0.1) is 17.0 Å². The van der Waals surface area contributed by atoms with Gasteiger partial charge >= 0.3 is 5.97 Å². The summed E-state index contributed by atoms with van der Waals surface area (Å²) in [6, 6.07) is 3.76. The van der Waals surface area contributed by atoms with Crippen molar-refractivity contribution in [1.29, 1.82) is 0 Å². The summed E-state index contributed by atoms with van der Waals surface area (Å²) < 4.78 is 46.1. The molecule has 0 spiro atoms. The second-order valence-corrected chi connectivity index (χ2v) is 5.51. The molecule has 0 N–H and O–H groups in total. The Labute approximate surface area is 117 Å². The van der Waals surface area contributed by atoms with Gasteiger partial charge in [-0.1, -0.05) is 6.07 Å². The van der Waals surface area contributed by atoms with Crippen LogP contribution < -0.4 is 0 Å². The minimum Gasteiger partial charge on any atom is -0.465 e. The molecule has 0 amide bonds. The zero-order valence-electron chi connectivity index (χ0n) is 10.3. The van der Waals surface area contributed by atoms with Gasteiger partial charge in [-0.3, -0.25) is 4.79 Å². The topological polar surface area (TPSA) is 26.3 Å². The first-order chi connectivity index (χ1) is 8.76. The second kappa shape index (κ2) is 4.51. The molecule has 0 aliphatic heterocycles. The van der Waals surface area contributed by atoms with Gasteiger partial charge in [-0.25, -0.2) is 13.2 Å². The molecule has 1 aromatic rings. The smallest absolute Gasteiger partial charge is 0.318 e. The number of rotatable bonds is 3. The Kier molecular flexibility index (Phi) is 3.41. The normalized spacial score (nSPS) is 28.0. The lowest BCUT2D eigenvalue weighted by molar-refractivity contribution is -0.153. The van der Waals surface area contributed by atoms with Crippen molar-refractivity contribution in [3.05, 3.63) is 34.1 Å². The number of benzene rings is 1. The summed E-state index contributed by atoms with van der Waals surface area (Å²) in [6.45, 7) is 2.73. The zero-order valence-corrected chi connectivity index (χ0v) is 11.9. The summed E-state index contributed by atoms with van der Waals surface area (Å²) in [5.74, 6) is -6.15. The summed E-state index contributed by atoms with van der Waals surface area (Å²) in [5, 5.41) is 0. The monoisotopic (exact) mass is 336 g/mol. The first-order valence-corrected chi connectivity index (χ1v) is 6.56. The molecular formula is C13H12BrF3O2. The lowest BCUT2D eigenvalue weighted by Crippen LogP contribution is -2.22. The maximum absolute atomic E-state index is 13.9. The Hall–Kier alpha value is -1.04. The van der Waals surface area contributed by atoms with E-state index >= 15 is 0 Å². The van der Waals surface area contributed by atoms with Crippen molar-refractivity contribution in [2.75, 3.05) is 6.61 Å². The Morgan fingerprint density at radius 2 is 2.11 bits per heavy atom. The number of ether oxygens (including phenoxy) is 1. The summed E-state index contributed by atoms with van der Waals surface area (Å²) in [5.41, 5.74) is -1.82. The van der Waals surface area contributed by atoms with Crippen LogP contribution >= 0.6 is 15.9 Å². The number of carbonyl (C=O) groups excluding carboxylic acids is 1. The highest BCUT2D eigenvalue weighted by Crippen LogP contribution is 2.71. The molecule has 2 rings (SSSR count). The number of halogens is 4. The Balaban J connectivity index is 2.36. The number of carbonyl (C=O) groups is 1. The first kappa shape index (κ1) is 14.4. The molecule has 6 heteroatoms. The number of hydrogen-bond acceptors (Lipinski definition) is 2. The predicted molar refractivity (Wildman–Crippen MR) is 66.5 cm³/mol. The van der Waals surface area contributed by atoms with Crippen molar-refractivity contribution >= 4 is 21.9 Å². The molecule has 2 nitrogen and oxygen atoms in total. The van der Waals surface area contributed by atoms with Crippen LogP contribution in [0.15, 0.2) is 22.7 Å². The summed E-state index contributed by atoms with van der Waals surface area (Å²) in [6.07, 6.45) is 0. The molecule has 1 saturated carbocycles. The average Bonchev–Trinajstić information content (AvgIpc) is 2.79. The minimum absolute atomic E-state index is 0.0337. The molecule has 104 valence electrons. The molecule has 2 unspecified atom stereocenters. The highest BCUT2D eigenvalue weighted by atomic mass is 79.9. The highest BCUT2D eigenvalue weighted by Gasteiger charge is 2.83. The van der Waals surface area contributed by atoms with E-state index in [2.05, 4.69) is 20.7 Å². The zero-order chi connectivity index (χ0) is 14.4. The summed E-state index contributed by atoms with van der Waals surface area (Å²) >= 11 is 2.96. The Morgan fingerprint density at radius 1 is 1.47 bits per heavy atom. The Bertz CT molecular complexity index is 533. The van der Waals surface area contributed by atoms with Crippen LogP contribution in [0.2, 0.25) is 0 Å². The van der Waals surface area contributed by atoms with E-state index in [-0.39, 0.29) is 16.6 Å². The maximum atomic E-state index is 13.9. The van der Waals surface area contributed by atoms with E-state index in [0.29, 0.717) is 0 Å². The third-order valence-electron chi connectivity index (χ3n) is 3.53. The molecule has 1 aliphatic rings. The molecule has 0 saturated heterocycles. The van der Waals surface area contributed by atoms with E-state index in [4.69, 9.17) is 0 Å². The third kappa shape index (κ3) is 1.96. The van der Waals surface area contributed by atoms with E-state index < -0.39 is 29.0 Å². The first-order valence-electron chi connectivity index (χ1n) is 5.76. The van der Waals surface area contributed by atoms with Crippen molar-refractivity contribution in [3.8, 4) is 0 Å². The maximum Gasteiger partial charge on any atom is 0.318 e. The second-order valence-electron chi connectivity index (χ2n) is 4.65. The van der Waals surface area contributed by atoms with Gasteiger partial charge in [0.1, 0.15) is 11.2 Å². The van der Waals surface area contributed by atoms with Crippen LogP contribution in [0, 0.1) is 11.2 Å². The molecule has 1 aromatic carbocycles. The number of alkyl halides is 2. The van der Waals surface area contributed by atoms with Crippen LogP contribution in [0.5, 0.6) is 0 Å². The van der Waals surface area contributed by atoms with Crippen molar-refractivity contribution in [3.63, 3.8) is 0 Å². The van der Waals surface area contributed by atoms with Gasteiger partial charge in [-0.05, 0) is 47.5 Å². The SMILES string of the molecule is CCOC(=O)C1(C)C(c2ccc(Br)c(F)c2)C1(F)F. The van der Waals surface area contributed by atoms with Gasteiger partial charge in [0.15, 0.2) is 0 Å². The number of esters is 1. The lowest BCUT2D eigenvalue weighted by atomic mass is 10.0. The fourth-order valence-corrected chi connectivity index (χ4v) is 2.55. The van der Waals surface area contributed by atoms with Crippen molar-refractivity contribution < 1.29 is 22.7 Å². The van der Waals surface area contributed by atoms with Crippen molar-refractivity contribution in [2.45, 2.75) is 25.7 Å². The largest absolute Gasteiger partial charge is 0.465 e. The predicted octanol–water partition coefficient (Wildman–Crippen LogP) is 3.89. The van der Waals surface area contributed by atoms with Crippen LogP contribution in [0.1, 0.15) is 25.3 Å². The molecule has 1 aliphatic carbocycles. The van der Waals surface area contributed by atoms with E-state index in [1.807, 2.05) is 0 Å². The Morgan fingerprint density at radius 3 is 2.63 bits per heavy atom. The summed E-state index contributed by atoms with van der Waals surface area (Å²) in [7, 11) is 0. The van der Waals surface area contributed by atoms with E-state index in [0.717, 1.165) is 13.0 Å². The molecule has 0 bridgehead atoms.